The summed E-state index contributed by atoms with van der Waals surface area (Å²) < 4.78 is 20.8. The maximum Gasteiger partial charge on any atom is 0.255 e. The molecule has 0 radical (unpaired) electrons. The molecule has 0 saturated carbocycles. The molecule has 0 unspecified atom stereocenters. The molecule has 0 bridgehead atoms. The molecule has 0 saturated heterocycles. The number of nitrogens with one attached hydrogen (secondary N) is 1. The number of benzene rings is 2. The number of fused-ring (bicyclic) bond motifs is 1. The van der Waals surface area contributed by atoms with Crippen LogP contribution in [0.4, 0.5) is 10.1 Å². The molecule has 5 nitrogen and oxygen atoms in total. The lowest BCUT2D eigenvalue weighted by Gasteiger charge is -2.11. The number of nitrogens with zero attached hydrogens (tertiary/aromatic N) is 2. The maximum absolute atomic E-state index is 13.9. The number of aromatic nitrogens is 2. The fourth-order valence-corrected chi connectivity index (χ4v) is 3.21. The second-order valence-electron chi connectivity index (χ2n) is 6.88. The van der Waals surface area contributed by atoms with Crippen molar-refractivity contribution in [2.45, 2.75) is 13.8 Å². The Bertz CT molecular complexity index is 1230. The van der Waals surface area contributed by atoms with Gasteiger partial charge in [0.05, 0.1) is 12.8 Å². The van der Waals surface area contributed by atoms with Crippen LogP contribution in [0.1, 0.15) is 21.5 Å². The van der Waals surface area contributed by atoms with Gasteiger partial charge in [0.2, 0.25) is 0 Å². The number of carbonyl (C=O) groups is 1. The third kappa shape index (κ3) is 3.57. The molecule has 29 heavy (non-hydrogen) atoms. The van der Waals surface area contributed by atoms with Crippen molar-refractivity contribution >= 4 is 17.2 Å². The van der Waals surface area contributed by atoms with Crippen molar-refractivity contribution in [3.05, 3.63) is 83.4 Å². The molecular weight excluding hydrogens is 369 g/mol. The number of rotatable bonds is 4. The summed E-state index contributed by atoms with van der Waals surface area (Å²) in [6.07, 6.45) is 3.91. The van der Waals surface area contributed by atoms with Crippen LogP contribution in [0.25, 0.3) is 16.9 Å². The first-order chi connectivity index (χ1) is 14.0. The van der Waals surface area contributed by atoms with E-state index in [0.29, 0.717) is 5.69 Å². The molecule has 2 heterocycles. The van der Waals surface area contributed by atoms with Crippen molar-refractivity contribution in [3.8, 4) is 17.0 Å². The predicted molar refractivity (Wildman–Crippen MR) is 111 cm³/mol. The van der Waals surface area contributed by atoms with Gasteiger partial charge >= 0.3 is 0 Å². The predicted octanol–water partition coefficient (Wildman–Crippen LogP) is 5.02. The number of aryl methyl sites for hydroxylation is 2. The second-order valence-corrected chi connectivity index (χ2v) is 6.88. The van der Waals surface area contributed by atoms with Crippen molar-refractivity contribution in [2.75, 3.05) is 12.4 Å². The normalized spacial score (nSPS) is 10.9. The van der Waals surface area contributed by atoms with Crippen LogP contribution in [0.2, 0.25) is 0 Å². The molecule has 4 rings (SSSR count). The quantitative estimate of drug-likeness (QED) is 0.533. The third-order valence-corrected chi connectivity index (χ3v) is 4.87. The Hall–Kier alpha value is -3.67. The highest BCUT2D eigenvalue weighted by atomic mass is 19.1. The van der Waals surface area contributed by atoms with Crippen LogP contribution in [0, 0.1) is 19.7 Å². The number of anilines is 1. The fourth-order valence-electron chi connectivity index (χ4n) is 3.21. The van der Waals surface area contributed by atoms with E-state index in [9.17, 15) is 9.18 Å². The van der Waals surface area contributed by atoms with Crippen LogP contribution in [0.5, 0.6) is 5.75 Å². The zero-order chi connectivity index (χ0) is 20.5. The van der Waals surface area contributed by atoms with Gasteiger partial charge in [0.25, 0.3) is 5.91 Å². The molecule has 146 valence electrons. The summed E-state index contributed by atoms with van der Waals surface area (Å²) in [6.45, 7) is 3.92. The average molecular weight is 389 g/mol. The molecule has 0 spiro atoms. The molecule has 0 atom stereocenters. The lowest BCUT2D eigenvalue weighted by Crippen LogP contribution is -2.13. The van der Waals surface area contributed by atoms with Crippen molar-refractivity contribution in [2.24, 2.45) is 0 Å². The van der Waals surface area contributed by atoms with Gasteiger partial charge in [-0.05, 0) is 55.3 Å². The molecule has 4 aromatic rings. The number of amides is 1. The van der Waals surface area contributed by atoms with E-state index < -0.39 is 11.7 Å². The topological polar surface area (TPSA) is 55.6 Å². The summed E-state index contributed by atoms with van der Waals surface area (Å²) in [6, 6.07) is 13.9. The molecule has 1 amide bonds. The van der Waals surface area contributed by atoms with E-state index >= 15 is 0 Å². The minimum atomic E-state index is -0.578. The van der Waals surface area contributed by atoms with Crippen LogP contribution < -0.4 is 10.1 Å². The number of methoxy groups -OCH3 is 1. The van der Waals surface area contributed by atoms with Gasteiger partial charge in [-0.15, -0.1) is 0 Å². The van der Waals surface area contributed by atoms with Gasteiger partial charge in [-0.3, -0.25) is 4.79 Å². The van der Waals surface area contributed by atoms with E-state index in [-0.39, 0.29) is 11.3 Å². The summed E-state index contributed by atoms with van der Waals surface area (Å²) in [4.78, 5) is 17.3. The average Bonchev–Trinajstić information content (AvgIpc) is 3.15. The Morgan fingerprint density at radius 1 is 1.10 bits per heavy atom. The molecular formula is C23H20FN3O2. The highest BCUT2D eigenvalue weighted by Gasteiger charge is 2.13. The van der Waals surface area contributed by atoms with Crippen LogP contribution in [-0.2, 0) is 0 Å². The highest BCUT2D eigenvalue weighted by Crippen LogP contribution is 2.27. The minimum Gasteiger partial charge on any atom is -0.494 e. The van der Waals surface area contributed by atoms with E-state index in [1.807, 2.05) is 61.0 Å². The Morgan fingerprint density at radius 2 is 1.93 bits per heavy atom. The first kappa shape index (κ1) is 18.7. The van der Waals surface area contributed by atoms with Gasteiger partial charge in [0, 0.05) is 29.2 Å². The molecule has 2 aromatic carbocycles. The van der Waals surface area contributed by atoms with E-state index in [1.54, 1.807) is 0 Å². The number of ether oxygens (including phenoxy) is 1. The summed E-state index contributed by atoms with van der Waals surface area (Å²) in [7, 11) is 1.38. The van der Waals surface area contributed by atoms with Gasteiger partial charge < -0.3 is 14.5 Å². The lowest BCUT2D eigenvalue weighted by molar-refractivity contribution is 0.102. The second kappa shape index (κ2) is 7.39. The first-order valence-electron chi connectivity index (χ1n) is 9.16. The van der Waals surface area contributed by atoms with Crippen molar-refractivity contribution < 1.29 is 13.9 Å². The van der Waals surface area contributed by atoms with Crippen LogP contribution in [-0.4, -0.2) is 22.4 Å². The summed E-state index contributed by atoms with van der Waals surface area (Å²) >= 11 is 0. The summed E-state index contributed by atoms with van der Waals surface area (Å²) in [5, 5.41) is 2.87. The minimum absolute atomic E-state index is 0.0990. The molecule has 1 N–H and O–H groups in total. The Balaban J connectivity index is 1.65. The van der Waals surface area contributed by atoms with Crippen molar-refractivity contribution in [3.63, 3.8) is 0 Å². The molecule has 0 aliphatic carbocycles. The van der Waals surface area contributed by atoms with Gasteiger partial charge in [-0.25, -0.2) is 9.37 Å². The van der Waals surface area contributed by atoms with Crippen LogP contribution in [0.15, 0.2) is 60.9 Å². The largest absolute Gasteiger partial charge is 0.494 e. The van der Waals surface area contributed by atoms with Gasteiger partial charge in [0.15, 0.2) is 11.6 Å². The van der Waals surface area contributed by atoms with E-state index in [4.69, 9.17) is 9.72 Å². The van der Waals surface area contributed by atoms with Crippen LogP contribution in [0.3, 0.4) is 0 Å². The number of halogens is 1. The molecule has 0 aliphatic rings. The lowest BCUT2D eigenvalue weighted by atomic mass is 10.1. The summed E-state index contributed by atoms with van der Waals surface area (Å²) in [5.74, 6) is -0.870. The number of imidazole rings is 1. The Kier molecular flexibility index (Phi) is 4.76. The van der Waals surface area contributed by atoms with E-state index in [0.717, 1.165) is 34.1 Å². The van der Waals surface area contributed by atoms with E-state index in [1.165, 1.54) is 19.2 Å². The van der Waals surface area contributed by atoms with Gasteiger partial charge in [0.1, 0.15) is 5.65 Å². The number of carbonyl (C=O) groups excluding carboxylic acids is 1. The van der Waals surface area contributed by atoms with Crippen molar-refractivity contribution in [1.82, 2.24) is 9.38 Å². The number of hydrogen-bond donors (Lipinski definition) is 1. The highest BCUT2D eigenvalue weighted by molar-refractivity contribution is 6.05. The van der Waals surface area contributed by atoms with Gasteiger partial charge in [-0.1, -0.05) is 18.2 Å². The first-order valence-corrected chi connectivity index (χ1v) is 9.16. The smallest absolute Gasteiger partial charge is 0.255 e. The van der Waals surface area contributed by atoms with Crippen LogP contribution >= 0.6 is 0 Å². The number of pyridine rings is 1. The molecule has 6 heteroatoms. The monoisotopic (exact) mass is 389 g/mol. The summed E-state index contributed by atoms with van der Waals surface area (Å²) in [5.41, 5.74) is 5.44. The number of hydrogen-bond acceptors (Lipinski definition) is 3. The maximum atomic E-state index is 13.9. The Morgan fingerprint density at radius 3 is 2.66 bits per heavy atom. The SMILES string of the molecule is COc1ccc(C(=O)Nc2cc(-c3cn4cccc(C)c4n3)ccc2C)cc1F. The van der Waals surface area contributed by atoms with Crippen molar-refractivity contribution in [1.29, 1.82) is 0 Å². The van der Waals surface area contributed by atoms with Gasteiger partial charge in [-0.2, -0.15) is 0 Å². The fraction of sp³-hybridized carbons (Fsp3) is 0.130. The molecule has 2 aromatic heterocycles. The molecule has 0 aliphatic heterocycles. The standard InChI is InChI=1S/C23H20FN3O2/c1-14-6-7-16(20-13-27-10-4-5-15(2)22(27)25-20)12-19(14)26-23(28)17-8-9-21(29-3)18(24)11-17/h4-13H,1-3H3,(H,26,28). The molecule has 0 fully saturated rings. The Labute approximate surface area is 167 Å². The zero-order valence-corrected chi connectivity index (χ0v) is 16.4. The van der Waals surface area contributed by atoms with E-state index in [2.05, 4.69) is 5.32 Å². The zero-order valence-electron chi connectivity index (χ0n) is 16.4. The third-order valence-electron chi connectivity index (χ3n) is 4.87.